The molecule has 1 heterocycles. The fraction of sp³-hybridized carbons (Fsp3) is 0.200. The third-order valence-electron chi connectivity index (χ3n) is 5.41. The van der Waals surface area contributed by atoms with Crippen LogP contribution in [0, 0.1) is 0 Å². The van der Waals surface area contributed by atoms with E-state index in [1.54, 1.807) is 30.3 Å². The maximum Gasteiger partial charge on any atom is 0.264 e. The van der Waals surface area contributed by atoms with Gasteiger partial charge in [0, 0.05) is 24.8 Å². The van der Waals surface area contributed by atoms with Gasteiger partial charge in [0.2, 0.25) is 5.91 Å². The van der Waals surface area contributed by atoms with Crippen molar-refractivity contribution < 1.29 is 22.7 Å². The molecular formula is C25H24ClN3O5S. The minimum atomic E-state index is -3.81. The predicted octanol–water partition coefficient (Wildman–Crippen LogP) is 4.46. The van der Waals surface area contributed by atoms with Crippen molar-refractivity contribution in [3.05, 3.63) is 77.3 Å². The van der Waals surface area contributed by atoms with E-state index in [-0.39, 0.29) is 28.2 Å². The average molecular weight is 514 g/mol. The van der Waals surface area contributed by atoms with Gasteiger partial charge < -0.3 is 15.4 Å². The Morgan fingerprint density at radius 3 is 2.37 bits per heavy atom. The normalized spacial score (nSPS) is 13.0. The van der Waals surface area contributed by atoms with Crippen molar-refractivity contribution in [1.82, 2.24) is 0 Å². The predicted molar refractivity (Wildman–Crippen MR) is 136 cm³/mol. The van der Waals surface area contributed by atoms with E-state index in [4.69, 9.17) is 16.3 Å². The van der Waals surface area contributed by atoms with Crippen LogP contribution in [0.5, 0.6) is 5.75 Å². The fourth-order valence-electron chi connectivity index (χ4n) is 3.82. The van der Waals surface area contributed by atoms with Crippen molar-refractivity contribution in [1.29, 1.82) is 0 Å². The van der Waals surface area contributed by atoms with Gasteiger partial charge in [-0.1, -0.05) is 29.8 Å². The summed E-state index contributed by atoms with van der Waals surface area (Å²) < 4.78 is 33.5. The molecule has 0 saturated heterocycles. The summed E-state index contributed by atoms with van der Waals surface area (Å²) in [5.41, 5.74) is 2.81. The number of anilines is 3. The van der Waals surface area contributed by atoms with E-state index in [1.807, 2.05) is 18.2 Å². The number of halogens is 1. The molecule has 1 aliphatic heterocycles. The molecule has 3 aromatic rings. The van der Waals surface area contributed by atoms with Crippen molar-refractivity contribution in [2.45, 2.75) is 24.7 Å². The molecule has 0 unspecified atom stereocenters. The Kier molecular flexibility index (Phi) is 7.28. The van der Waals surface area contributed by atoms with Gasteiger partial charge in [0.1, 0.15) is 5.75 Å². The van der Waals surface area contributed by atoms with Crippen molar-refractivity contribution in [2.24, 2.45) is 0 Å². The lowest BCUT2D eigenvalue weighted by molar-refractivity contribution is -0.118. The van der Waals surface area contributed by atoms with Crippen LogP contribution in [0.2, 0.25) is 5.02 Å². The first-order valence-corrected chi connectivity index (χ1v) is 12.8. The first-order chi connectivity index (χ1) is 16.7. The van der Waals surface area contributed by atoms with E-state index in [0.717, 1.165) is 18.4 Å². The first-order valence-electron chi connectivity index (χ1n) is 10.9. The van der Waals surface area contributed by atoms with E-state index >= 15 is 0 Å². The monoisotopic (exact) mass is 513 g/mol. The van der Waals surface area contributed by atoms with Gasteiger partial charge in [-0.2, -0.15) is 0 Å². The highest BCUT2D eigenvalue weighted by Gasteiger charge is 2.29. The summed E-state index contributed by atoms with van der Waals surface area (Å²) >= 11 is 6.30. The van der Waals surface area contributed by atoms with Gasteiger partial charge in [-0.15, -0.1) is 0 Å². The van der Waals surface area contributed by atoms with Crippen LogP contribution in [-0.2, 0) is 26.0 Å². The molecule has 4 rings (SSSR count). The molecule has 10 heteroatoms. The molecule has 0 saturated carbocycles. The summed E-state index contributed by atoms with van der Waals surface area (Å²) in [7, 11) is -3.81. The second kappa shape index (κ2) is 10.4. The van der Waals surface area contributed by atoms with Gasteiger partial charge in [0.15, 0.2) is 6.61 Å². The average Bonchev–Trinajstić information content (AvgIpc) is 2.83. The number of hydrogen-bond acceptors (Lipinski definition) is 5. The van der Waals surface area contributed by atoms with Crippen molar-refractivity contribution >= 4 is 50.5 Å². The zero-order valence-corrected chi connectivity index (χ0v) is 20.5. The molecule has 35 heavy (non-hydrogen) atoms. The number of sulfonamides is 1. The summed E-state index contributed by atoms with van der Waals surface area (Å²) in [6, 6.07) is 18.3. The van der Waals surface area contributed by atoms with Gasteiger partial charge in [-0.3, -0.25) is 13.9 Å². The van der Waals surface area contributed by atoms with Crippen molar-refractivity contribution in [3.8, 4) is 5.75 Å². The second-order valence-electron chi connectivity index (χ2n) is 8.00. The summed E-state index contributed by atoms with van der Waals surface area (Å²) in [6.07, 6.45) is 1.56. The van der Waals surface area contributed by atoms with Gasteiger partial charge in [-0.05, 0) is 66.9 Å². The van der Waals surface area contributed by atoms with Crippen LogP contribution in [0.1, 0.15) is 18.9 Å². The Morgan fingerprint density at radius 1 is 1.00 bits per heavy atom. The standard InChI is InChI=1S/C25H24ClN3O5S/c1-17(30)27-19-8-10-20(11-9-19)28-25(31)16-34-24-13-12-21(15-22(24)26)35(32,33)29-14-4-6-18-5-2-3-7-23(18)29/h2-3,5,7-13,15H,4,6,14,16H2,1H3,(H,27,30)(H,28,31). The molecule has 3 aromatic carbocycles. The first kappa shape index (κ1) is 24.6. The molecule has 0 radical (unpaired) electrons. The summed E-state index contributed by atoms with van der Waals surface area (Å²) in [5, 5.41) is 5.41. The lowest BCUT2D eigenvalue weighted by atomic mass is 10.0. The summed E-state index contributed by atoms with van der Waals surface area (Å²) in [4.78, 5) is 23.4. The highest BCUT2D eigenvalue weighted by Crippen LogP contribution is 2.34. The summed E-state index contributed by atoms with van der Waals surface area (Å²) in [5.74, 6) is -0.414. The lowest BCUT2D eigenvalue weighted by Gasteiger charge is -2.30. The van der Waals surface area contributed by atoms with Gasteiger partial charge in [0.05, 0.1) is 15.6 Å². The van der Waals surface area contributed by atoms with Crippen LogP contribution in [0.3, 0.4) is 0 Å². The van der Waals surface area contributed by atoms with Crippen LogP contribution >= 0.6 is 11.6 Å². The molecule has 2 N–H and O–H groups in total. The largest absolute Gasteiger partial charge is 0.482 e. The van der Waals surface area contributed by atoms with Crippen LogP contribution < -0.4 is 19.7 Å². The maximum absolute atomic E-state index is 13.3. The van der Waals surface area contributed by atoms with Crippen LogP contribution in [0.25, 0.3) is 0 Å². The number of aryl methyl sites for hydroxylation is 1. The van der Waals surface area contributed by atoms with Crippen LogP contribution in [0.4, 0.5) is 17.1 Å². The molecule has 0 bridgehead atoms. The fourth-order valence-corrected chi connectivity index (χ4v) is 5.68. The number of amides is 2. The second-order valence-corrected chi connectivity index (χ2v) is 10.3. The number of carbonyl (C=O) groups is 2. The third-order valence-corrected chi connectivity index (χ3v) is 7.51. The van der Waals surface area contributed by atoms with E-state index in [9.17, 15) is 18.0 Å². The van der Waals surface area contributed by atoms with Crippen LogP contribution in [0.15, 0.2) is 71.6 Å². The number of para-hydroxylation sites is 1. The molecule has 0 atom stereocenters. The van der Waals surface area contributed by atoms with Crippen molar-refractivity contribution in [2.75, 3.05) is 28.1 Å². The quantitative estimate of drug-likeness (QED) is 0.485. The molecule has 2 amide bonds. The van der Waals surface area contributed by atoms with Gasteiger partial charge in [-0.25, -0.2) is 8.42 Å². The molecule has 0 aromatic heterocycles. The summed E-state index contributed by atoms with van der Waals surface area (Å²) in [6.45, 7) is 1.48. The number of carbonyl (C=O) groups excluding carboxylic acids is 2. The van der Waals surface area contributed by atoms with Crippen molar-refractivity contribution in [3.63, 3.8) is 0 Å². The number of nitrogens with zero attached hydrogens (tertiary/aromatic N) is 1. The molecular weight excluding hydrogens is 490 g/mol. The number of fused-ring (bicyclic) bond motifs is 1. The Hall–Kier alpha value is -3.56. The van der Waals surface area contributed by atoms with Gasteiger partial charge >= 0.3 is 0 Å². The highest BCUT2D eigenvalue weighted by molar-refractivity contribution is 7.92. The topological polar surface area (TPSA) is 105 Å². The maximum atomic E-state index is 13.3. The molecule has 0 aliphatic carbocycles. The van der Waals surface area contributed by atoms with E-state index in [2.05, 4.69) is 10.6 Å². The lowest BCUT2D eigenvalue weighted by Crippen LogP contribution is -2.35. The SMILES string of the molecule is CC(=O)Nc1ccc(NC(=O)COc2ccc(S(=O)(=O)N3CCCc4ccccc43)cc2Cl)cc1. The number of nitrogens with one attached hydrogen (secondary N) is 2. The zero-order chi connectivity index (χ0) is 25.0. The van der Waals surface area contributed by atoms with E-state index in [0.29, 0.717) is 23.6 Å². The Balaban J connectivity index is 1.40. The smallest absolute Gasteiger partial charge is 0.264 e. The Morgan fingerprint density at radius 2 is 1.69 bits per heavy atom. The van der Waals surface area contributed by atoms with E-state index < -0.39 is 15.9 Å². The Labute approximate surface area is 208 Å². The van der Waals surface area contributed by atoms with Gasteiger partial charge in [0.25, 0.3) is 15.9 Å². The number of benzene rings is 3. The Bertz CT molecular complexity index is 1360. The third kappa shape index (κ3) is 5.75. The molecule has 182 valence electrons. The molecule has 8 nitrogen and oxygen atoms in total. The molecule has 0 spiro atoms. The minimum absolute atomic E-state index is 0.0512. The molecule has 0 fully saturated rings. The zero-order valence-electron chi connectivity index (χ0n) is 19.0. The van der Waals surface area contributed by atoms with Crippen LogP contribution in [-0.4, -0.2) is 33.4 Å². The number of ether oxygens (including phenoxy) is 1. The highest BCUT2D eigenvalue weighted by atomic mass is 35.5. The van der Waals surface area contributed by atoms with E-state index in [1.165, 1.54) is 29.4 Å². The minimum Gasteiger partial charge on any atom is -0.482 e. The molecule has 1 aliphatic rings. The number of hydrogen-bond donors (Lipinski definition) is 2. The number of rotatable bonds is 7.